The molecule has 470 valence electrons. The lowest BCUT2D eigenvalue weighted by Gasteiger charge is -2.46. The number of carboxylic acid groups (broad SMARTS) is 2. The van der Waals surface area contributed by atoms with Crippen LogP contribution >= 0.6 is 23.5 Å². The Labute approximate surface area is 504 Å². The van der Waals surface area contributed by atoms with E-state index >= 15 is 0 Å². The number of ether oxygens (including phenoxy) is 4. The van der Waals surface area contributed by atoms with Gasteiger partial charge >= 0.3 is 11.9 Å². The van der Waals surface area contributed by atoms with Gasteiger partial charge < -0.3 is 91.7 Å². The lowest BCUT2D eigenvalue weighted by atomic mass is 9.88. The molecule has 0 spiro atoms. The molecule has 5 rings (SSSR count). The van der Waals surface area contributed by atoms with Crippen LogP contribution in [-0.2, 0) is 47.7 Å². The fourth-order valence-corrected chi connectivity index (χ4v) is 10.6. The van der Waals surface area contributed by atoms with Crippen molar-refractivity contribution in [3.63, 3.8) is 0 Å². The van der Waals surface area contributed by atoms with Gasteiger partial charge in [0, 0.05) is 87.7 Å². The van der Waals surface area contributed by atoms with Crippen molar-refractivity contribution in [3.05, 3.63) is 119 Å². The number of carbonyl (C=O) groups excluding carboxylic acids is 6. The van der Waals surface area contributed by atoms with E-state index in [0.29, 0.717) is 47.0 Å². The second kappa shape index (κ2) is 35.1. The summed E-state index contributed by atoms with van der Waals surface area (Å²) in [5, 5.41) is 102. The number of carboxylic acids is 2. The summed E-state index contributed by atoms with van der Waals surface area (Å²) in [5.74, 6) is -9.64. The molecular formula is C58H76N6O20S2. The molecule has 0 saturated carbocycles. The topological polar surface area (TPSA) is 408 Å². The summed E-state index contributed by atoms with van der Waals surface area (Å²) in [7, 11) is 0. The van der Waals surface area contributed by atoms with Crippen LogP contribution in [0.4, 0.5) is 0 Å². The molecule has 3 aromatic carbocycles. The van der Waals surface area contributed by atoms with Crippen LogP contribution in [0.15, 0.2) is 97.1 Å². The molecule has 26 nitrogen and oxygen atoms in total. The van der Waals surface area contributed by atoms with Gasteiger partial charge in [-0.2, -0.15) is 23.5 Å². The molecule has 2 saturated heterocycles. The summed E-state index contributed by atoms with van der Waals surface area (Å²) in [6.45, 7) is 1.45. The third kappa shape index (κ3) is 21.9. The number of benzene rings is 3. The van der Waals surface area contributed by atoms with Crippen LogP contribution in [0.5, 0.6) is 0 Å². The van der Waals surface area contributed by atoms with Crippen molar-refractivity contribution in [1.82, 2.24) is 31.9 Å². The first-order chi connectivity index (χ1) is 41.0. The molecular weight excluding hydrogens is 1160 g/mol. The van der Waals surface area contributed by atoms with E-state index in [1.807, 2.05) is 12.1 Å². The number of nitrogens with one attached hydrogen (secondary N) is 6. The van der Waals surface area contributed by atoms with Crippen LogP contribution in [-0.4, -0.2) is 223 Å². The molecule has 14 N–H and O–H groups in total. The maximum atomic E-state index is 12.9. The number of amides is 6. The van der Waals surface area contributed by atoms with Gasteiger partial charge in [-0.05, 0) is 71.9 Å². The lowest BCUT2D eigenvalue weighted by Crippen LogP contribution is -2.68. The second-order valence-corrected chi connectivity index (χ2v) is 22.5. The Hall–Kier alpha value is -6.80. The van der Waals surface area contributed by atoms with Crippen LogP contribution in [0.1, 0.15) is 71.4 Å². The first kappa shape index (κ1) is 70.0. The van der Waals surface area contributed by atoms with Gasteiger partial charge in [-0.25, -0.2) is 9.59 Å². The molecule has 28 heteroatoms. The minimum Gasteiger partial charge on any atom is -0.477 e. The highest BCUT2D eigenvalue weighted by Crippen LogP contribution is 2.35. The molecule has 6 amide bonds. The smallest absolute Gasteiger partial charge is 0.364 e. The zero-order valence-corrected chi connectivity index (χ0v) is 49.0. The van der Waals surface area contributed by atoms with Crippen molar-refractivity contribution in [1.29, 1.82) is 0 Å². The van der Waals surface area contributed by atoms with Crippen molar-refractivity contribution in [2.75, 3.05) is 62.4 Å². The van der Waals surface area contributed by atoms with E-state index < -0.39 is 146 Å². The average Bonchev–Trinajstić information content (AvgIpc) is 1.33. The van der Waals surface area contributed by atoms with Crippen LogP contribution in [0.3, 0.4) is 0 Å². The van der Waals surface area contributed by atoms with Crippen LogP contribution in [0, 0.1) is 0 Å². The lowest BCUT2D eigenvalue weighted by molar-refractivity contribution is -0.310. The monoisotopic (exact) mass is 1240 g/mol. The van der Waals surface area contributed by atoms with Gasteiger partial charge in [-0.1, -0.05) is 60.7 Å². The second-order valence-electron chi connectivity index (χ2n) is 20.1. The van der Waals surface area contributed by atoms with E-state index in [0.717, 1.165) is 25.0 Å². The Kier molecular flexibility index (Phi) is 28.6. The summed E-state index contributed by atoms with van der Waals surface area (Å²) in [5.41, 5.74) is 2.08. The third-order valence-corrected chi connectivity index (χ3v) is 15.6. The van der Waals surface area contributed by atoms with Crippen molar-refractivity contribution >= 4 is 83.1 Å². The van der Waals surface area contributed by atoms with E-state index in [-0.39, 0.29) is 26.3 Å². The van der Waals surface area contributed by atoms with Crippen LogP contribution in [0.25, 0.3) is 12.2 Å². The fourth-order valence-electron chi connectivity index (χ4n) is 9.03. The number of carbonyl (C=O) groups is 8. The molecule has 0 unspecified atom stereocenters. The summed E-state index contributed by atoms with van der Waals surface area (Å²) in [4.78, 5) is 99.9. The van der Waals surface area contributed by atoms with Gasteiger partial charge in [-0.3, -0.25) is 28.8 Å². The highest BCUT2D eigenvalue weighted by molar-refractivity contribution is 7.99. The number of rotatable bonds is 34. The Morgan fingerprint density at radius 3 is 1.26 bits per heavy atom. The summed E-state index contributed by atoms with van der Waals surface area (Å²) >= 11 is 2.84. The highest BCUT2D eigenvalue weighted by atomic mass is 32.2. The van der Waals surface area contributed by atoms with Gasteiger partial charge in [0.15, 0.2) is 0 Å². The van der Waals surface area contributed by atoms with Gasteiger partial charge in [-0.15, -0.1) is 0 Å². The number of aliphatic hydroxyl groups excluding tert-OH is 6. The molecule has 3 aromatic rings. The normalized spacial score (nSPS) is 23.5. The fraction of sp³-hybridized carbons (Fsp3) is 0.483. The predicted octanol–water partition coefficient (Wildman–Crippen LogP) is -0.600. The molecule has 2 aliphatic heterocycles. The minimum atomic E-state index is -2.48. The highest BCUT2D eigenvalue weighted by Gasteiger charge is 2.57. The maximum Gasteiger partial charge on any atom is 0.364 e. The summed E-state index contributed by atoms with van der Waals surface area (Å²) in [6, 6.07) is 21.1. The first-order valence-electron chi connectivity index (χ1n) is 27.6. The predicted molar refractivity (Wildman–Crippen MR) is 315 cm³/mol. The van der Waals surface area contributed by atoms with Gasteiger partial charge in [0.2, 0.25) is 23.6 Å². The minimum absolute atomic E-state index is 0.178. The molecule has 86 heavy (non-hydrogen) atoms. The third-order valence-electron chi connectivity index (χ3n) is 13.4. The van der Waals surface area contributed by atoms with Gasteiger partial charge in [0.05, 0.1) is 49.7 Å². The quantitative estimate of drug-likeness (QED) is 0.0262. The average molecular weight is 1240 g/mol. The molecule has 0 bridgehead atoms. The summed E-state index contributed by atoms with van der Waals surface area (Å²) in [6.07, 6.45) is -9.03. The molecule has 12 atom stereocenters. The number of hydrogen-bond acceptors (Lipinski definition) is 20. The van der Waals surface area contributed by atoms with Crippen LogP contribution < -0.4 is 31.9 Å². The zero-order valence-electron chi connectivity index (χ0n) is 47.4. The number of aliphatic hydroxyl groups is 6. The molecule has 2 aliphatic rings. The molecule has 0 radical (unpaired) electrons. The largest absolute Gasteiger partial charge is 0.477 e. The number of aliphatic carboxylic acids is 2. The van der Waals surface area contributed by atoms with Gasteiger partial charge in [0.1, 0.15) is 24.4 Å². The number of thioether (sulfide) groups is 2. The Bertz CT molecular complexity index is 2580. The Morgan fingerprint density at radius 1 is 0.558 bits per heavy atom. The van der Waals surface area contributed by atoms with E-state index in [9.17, 15) is 79.2 Å². The van der Waals surface area contributed by atoms with E-state index in [4.69, 9.17) is 18.9 Å². The van der Waals surface area contributed by atoms with Crippen molar-refractivity contribution in [2.24, 2.45) is 0 Å². The molecule has 0 aromatic heterocycles. The van der Waals surface area contributed by atoms with E-state index in [1.54, 1.807) is 48.5 Å². The molecule has 0 aliphatic carbocycles. The standard InChI is InChI=1S/C58H76N6O20S2/c1-35(65)63-47-41(67)31-57(55(77)78,83-51(47)49(73)43(69)33-61-45(71)21-15-37-11-5-3-6-12-37)81-25-9-27-85-29-23-59-53(75)39-17-19-40(20-18-39)54(76)60-24-30-86-28-10-26-82-58(56(79)80)32-42(68)48(64-36(2)66)52(84-58)50(74)44(70)34-62-46(72)22-16-38-13-7-4-8-14-38/h3-8,11-22,41-44,47-52,67-70,73-74H,9-10,23-34H2,1-2H3,(H,59,75)(H,60,76)(H,61,71)(H,62,72)(H,63,65)(H,64,66)(H,77,78)(H,79,80)/b21-15+,22-16+/t41-,42-,43-,44+,47+,48+,49+,50+,51+,52+,57+,58+/m0/s1. The maximum absolute atomic E-state index is 12.9. The Balaban J connectivity index is 0.975. The zero-order chi connectivity index (χ0) is 62.8. The van der Waals surface area contributed by atoms with E-state index in [2.05, 4.69) is 31.9 Å². The molecule has 2 heterocycles. The number of hydrogen-bond donors (Lipinski definition) is 14. The van der Waals surface area contributed by atoms with Crippen molar-refractivity contribution in [2.45, 2.75) is 112 Å². The Morgan fingerprint density at radius 2 is 0.919 bits per heavy atom. The van der Waals surface area contributed by atoms with Crippen molar-refractivity contribution < 1.29 is 98.2 Å². The van der Waals surface area contributed by atoms with Crippen LogP contribution in [0.2, 0.25) is 0 Å². The SMILES string of the molecule is CC(=O)N[C@H]1[C@H]([C@H](O)[C@H](O)CNC(=O)/C=C/c2ccccc2)O[C@@](OCCCSCCNC(=O)c2ccc(C(=O)NCCSCCCO[C@]3(C(=O)O)C[C@H](O)[C@@H](NC(C)=O)[C@H]([C@H](O)[C@@H](O)CNC(=O)/C=C/c4ccccc4)O3)cc2)(C(=O)O)C[C@@H]1O. The summed E-state index contributed by atoms with van der Waals surface area (Å²) < 4.78 is 23.0. The first-order valence-corrected chi connectivity index (χ1v) is 29.9. The van der Waals surface area contributed by atoms with E-state index in [1.165, 1.54) is 72.1 Å². The van der Waals surface area contributed by atoms with Crippen molar-refractivity contribution in [3.8, 4) is 0 Å². The molecule has 2 fully saturated rings. The van der Waals surface area contributed by atoms with Gasteiger partial charge in [0.25, 0.3) is 23.4 Å².